The second-order valence-corrected chi connectivity index (χ2v) is 9.06. The predicted molar refractivity (Wildman–Crippen MR) is 136 cm³/mol. The number of aromatic amines is 1. The molecule has 180 valence electrons. The van der Waals surface area contributed by atoms with Crippen LogP contribution in [-0.4, -0.2) is 32.6 Å². The van der Waals surface area contributed by atoms with Crippen molar-refractivity contribution in [2.45, 2.75) is 40.7 Å². The normalized spacial score (nSPS) is 11.9. The molecule has 0 aliphatic carbocycles. The first-order valence-electron chi connectivity index (χ1n) is 11.5. The van der Waals surface area contributed by atoms with E-state index >= 15 is 0 Å². The first-order valence-corrected chi connectivity index (χ1v) is 11.5. The van der Waals surface area contributed by atoms with Gasteiger partial charge in [0.1, 0.15) is 0 Å². The van der Waals surface area contributed by atoms with Crippen molar-refractivity contribution < 1.29 is 9.59 Å². The Hall–Kier alpha value is -4.27. The van der Waals surface area contributed by atoms with Gasteiger partial charge in [0, 0.05) is 5.69 Å². The average Bonchev–Trinajstić information content (AvgIpc) is 3.33. The summed E-state index contributed by atoms with van der Waals surface area (Å²) in [5.74, 6) is 0.0631. The summed E-state index contributed by atoms with van der Waals surface area (Å²) in [4.78, 5) is 26.4. The van der Waals surface area contributed by atoms with Gasteiger partial charge < -0.3 is 16.0 Å². The number of aromatic nitrogens is 4. The highest BCUT2D eigenvalue weighted by Crippen LogP contribution is 2.27. The SMILES string of the molecule is Cc1cc(C)c(NC(=O)Nc2cc3ccccc3cc2C(=O)N[C@H](c2nn[nH]n2)C(C)C)c(C)c1. The fraction of sp³-hybridized carbons (Fsp3) is 0.269. The molecule has 4 rings (SSSR count). The van der Waals surface area contributed by atoms with Crippen molar-refractivity contribution in [2.24, 2.45) is 5.92 Å². The van der Waals surface area contributed by atoms with Crippen molar-refractivity contribution >= 4 is 34.1 Å². The molecule has 0 fully saturated rings. The zero-order valence-electron chi connectivity index (χ0n) is 20.4. The molecule has 9 heteroatoms. The lowest BCUT2D eigenvalue weighted by Crippen LogP contribution is -2.33. The van der Waals surface area contributed by atoms with E-state index < -0.39 is 12.1 Å². The van der Waals surface area contributed by atoms with Crippen LogP contribution >= 0.6 is 0 Å². The molecule has 3 aromatic carbocycles. The average molecular weight is 472 g/mol. The van der Waals surface area contributed by atoms with Crippen LogP contribution in [0.2, 0.25) is 0 Å². The van der Waals surface area contributed by atoms with Crippen LogP contribution in [-0.2, 0) is 0 Å². The maximum atomic E-state index is 13.4. The number of hydrogen-bond acceptors (Lipinski definition) is 5. The van der Waals surface area contributed by atoms with Gasteiger partial charge in [0.25, 0.3) is 5.91 Å². The molecule has 0 radical (unpaired) electrons. The highest BCUT2D eigenvalue weighted by molar-refractivity contribution is 6.10. The van der Waals surface area contributed by atoms with Crippen LogP contribution in [0.4, 0.5) is 16.2 Å². The monoisotopic (exact) mass is 471 g/mol. The summed E-state index contributed by atoms with van der Waals surface area (Å²) >= 11 is 0. The number of aryl methyl sites for hydroxylation is 3. The molecule has 3 amide bonds. The quantitative estimate of drug-likeness (QED) is 0.313. The second-order valence-electron chi connectivity index (χ2n) is 9.06. The number of carbonyl (C=O) groups is 2. The minimum Gasteiger partial charge on any atom is -0.342 e. The highest BCUT2D eigenvalue weighted by atomic mass is 16.2. The molecule has 0 spiro atoms. The van der Waals surface area contributed by atoms with E-state index in [9.17, 15) is 9.59 Å². The van der Waals surface area contributed by atoms with Gasteiger partial charge in [-0.1, -0.05) is 61.0 Å². The van der Waals surface area contributed by atoms with E-state index in [0.717, 1.165) is 33.2 Å². The summed E-state index contributed by atoms with van der Waals surface area (Å²) < 4.78 is 0. The van der Waals surface area contributed by atoms with Gasteiger partial charge in [0.15, 0.2) is 5.82 Å². The standard InChI is InChI=1S/C26H29N7O2/c1-14(2)22(24-30-32-33-31-24)28-25(34)20-12-18-8-6-7-9-19(18)13-21(20)27-26(35)29-23-16(4)10-15(3)11-17(23)5/h6-14,22H,1-5H3,(H,28,34)(H2,27,29,35)(H,30,31,32,33)/t22-/m0/s1. The van der Waals surface area contributed by atoms with E-state index in [1.165, 1.54) is 0 Å². The number of tetrazole rings is 1. The van der Waals surface area contributed by atoms with Crippen molar-refractivity contribution in [2.75, 3.05) is 10.6 Å². The van der Waals surface area contributed by atoms with Crippen LogP contribution in [0.15, 0.2) is 48.5 Å². The van der Waals surface area contributed by atoms with Gasteiger partial charge in [0.2, 0.25) is 0 Å². The van der Waals surface area contributed by atoms with Crippen molar-refractivity contribution in [1.29, 1.82) is 0 Å². The van der Waals surface area contributed by atoms with E-state index in [0.29, 0.717) is 17.1 Å². The van der Waals surface area contributed by atoms with Gasteiger partial charge >= 0.3 is 6.03 Å². The van der Waals surface area contributed by atoms with Crippen molar-refractivity contribution in [3.8, 4) is 0 Å². The molecule has 0 unspecified atom stereocenters. The predicted octanol–water partition coefficient (Wildman–Crippen LogP) is 5.05. The number of urea groups is 1. The van der Waals surface area contributed by atoms with Crippen LogP contribution in [0.25, 0.3) is 10.8 Å². The van der Waals surface area contributed by atoms with Crippen LogP contribution in [0.3, 0.4) is 0 Å². The number of nitrogens with one attached hydrogen (secondary N) is 4. The minimum atomic E-state index is -0.452. The number of benzene rings is 3. The molecule has 0 aliphatic rings. The summed E-state index contributed by atoms with van der Waals surface area (Å²) in [5.41, 5.74) is 4.54. The Kier molecular flexibility index (Phi) is 6.77. The first kappa shape index (κ1) is 23.9. The Morgan fingerprint density at radius 2 is 1.57 bits per heavy atom. The summed E-state index contributed by atoms with van der Waals surface area (Å²) in [6.07, 6.45) is 0. The van der Waals surface area contributed by atoms with E-state index in [-0.39, 0.29) is 11.8 Å². The van der Waals surface area contributed by atoms with Gasteiger partial charge in [-0.15, -0.1) is 10.2 Å². The molecule has 0 saturated heterocycles. The van der Waals surface area contributed by atoms with Crippen molar-refractivity contribution in [1.82, 2.24) is 25.9 Å². The molecule has 4 aromatic rings. The topological polar surface area (TPSA) is 125 Å². The molecule has 0 saturated carbocycles. The summed E-state index contributed by atoms with van der Waals surface area (Å²) in [6.45, 7) is 9.84. The number of carbonyl (C=O) groups excluding carboxylic acids is 2. The smallest absolute Gasteiger partial charge is 0.323 e. The van der Waals surface area contributed by atoms with Gasteiger partial charge in [-0.25, -0.2) is 4.79 Å². The van der Waals surface area contributed by atoms with Gasteiger partial charge in [0.05, 0.1) is 17.3 Å². The summed E-state index contributed by atoms with van der Waals surface area (Å²) in [5, 5.41) is 24.7. The molecule has 4 N–H and O–H groups in total. The Morgan fingerprint density at radius 3 is 2.17 bits per heavy atom. The molecule has 35 heavy (non-hydrogen) atoms. The summed E-state index contributed by atoms with van der Waals surface area (Å²) in [6, 6.07) is 14.4. The van der Waals surface area contributed by atoms with Crippen LogP contribution in [0, 0.1) is 26.7 Å². The van der Waals surface area contributed by atoms with Crippen LogP contribution in [0.5, 0.6) is 0 Å². The summed E-state index contributed by atoms with van der Waals surface area (Å²) in [7, 11) is 0. The zero-order valence-corrected chi connectivity index (χ0v) is 20.4. The number of nitrogens with zero attached hydrogens (tertiary/aromatic N) is 3. The molecule has 0 bridgehead atoms. The van der Waals surface area contributed by atoms with E-state index in [2.05, 4.69) is 36.6 Å². The Labute approximate surface area is 203 Å². The molecule has 9 nitrogen and oxygen atoms in total. The van der Waals surface area contributed by atoms with Gasteiger partial charge in [-0.05, 0) is 60.7 Å². The van der Waals surface area contributed by atoms with E-state index in [4.69, 9.17) is 0 Å². The third kappa shape index (κ3) is 5.29. The van der Waals surface area contributed by atoms with E-state index in [1.54, 1.807) is 12.1 Å². The molecule has 1 aromatic heterocycles. The maximum absolute atomic E-state index is 13.4. The second kappa shape index (κ2) is 9.92. The number of anilines is 2. The number of H-pyrrole nitrogens is 1. The number of amides is 3. The lowest BCUT2D eigenvalue weighted by Gasteiger charge is -2.21. The highest BCUT2D eigenvalue weighted by Gasteiger charge is 2.25. The molecule has 1 atom stereocenters. The number of fused-ring (bicyclic) bond motifs is 1. The minimum absolute atomic E-state index is 0.0178. The first-order chi connectivity index (χ1) is 16.7. The fourth-order valence-electron chi connectivity index (χ4n) is 4.23. The molecular weight excluding hydrogens is 442 g/mol. The lowest BCUT2D eigenvalue weighted by molar-refractivity contribution is 0.0924. The Bertz CT molecular complexity index is 1360. The number of rotatable bonds is 6. The van der Waals surface area contributed by atoms with Gasteiger partial charge in [-0.3, -0.25) is 4.79 Å². The van der Waals surface area contributed by atoms with Crippen LogP contribution in [0.1, 0.15) is 52.8 Å². The number of hydrogen-bond donors (Lipinski definition) is 4. The fourth-order valence-corrected chi connectivity index (χ4v) is 4.23. The maximum Gasteiger partial charge on any atom is 0.323 e. The Balaban J connectivity index is 1.65. The Morgan fingerprint density at radius 1 is 0.914 bits per heavy atom. The third-order valence-corrected chi connectivity index (χ3v) is 5.89. The molecular formula is C26H29N7O2. The largest absolute Gasteiger partial charge is 0.342 e. The zero-order chi connectivity index (χ0) is 25.1. The van der Waals surface area contributed by atoms with Crippen LogP contribution < -0.4 is 16.0 Å². The molecule has 0 aliphatic heterocycles. The van der Waals surface area contributed by atoms with E-state index in [1.807, 2.05) is 71.0 Å². The molecule has 1 heterocycles. The van der Waals surface area contributed by atoms with Crippen molar-refractivity contribution in [3.63, 3.8) is 0 Å². The van der Waals surface area contributed by atoms with Crippen molar-refractivity contribution in [3.05, 3.63) is 76.6 Å². The third-order valence-electron chi connectivity index (χ3n) is 5.89. The van der Waals surface area contributed by atoms with Gasteiger partial charge in [-0.2, -0.15) is 5.21 Å². The lowest BCUT2D eigenvalue weighted by atomic mass is 10.0.